The maximum absolute atomic E-state index is 10.6. The molecule has 6 nitrogen and oxygen atoms in total. The first-order chi connectivity index (χ1) is 12.3. The largest absolute Gasteiger partial charge is 0.490 e. The Labute approximate surface area is 149 Å². The molecule has 0 radical (unpaired) electrons. The van der Waals surface area contributed by atoms with Crippen LogP contribution in [0, 0.1) is 5.92 Å². The zero-order valence-electron chi connectivity index (χ0n) is 14.6. The molecule has 1 aliphatic carbocycles. The minimum atomic E-state index is -5.08. The van der Waals surface area contributed by atoms with Gasteiger partial charge in [0.2, 0.25) is 0 Å². The highest BCUT2D eigenvalue weighted by molar-refractivity contribution is 5.73. The molecule has 0 amide bonds. The van der Waals surface area contributed by atoms with Crippen LogP contribution < -0.4 is 0 Å². The molecule has 1 spiro atoms. The number of rotatable bonds is 4. The number of aliphatic carboxylic acids is 1. The fraction of sp³-hybridized carbons (Fsp3) is 0.706. The lowest BCUT2D eigenvalue weighted by Crippen LogP contribution is -2.54. The Bertz CT molecular complexity index is 563. The van der Waals surface area contributed by atoms with Crippen molar-refractivity contribution in [2.45, 2.75) is 37.6 Å². The quantitative estimate of drug-likeness (QED) is 0.867. The number of hydrogen-bond acceptors (Lipinski definition) is 5. The van der Waals surface area contributed by atoms with Crippen LogP contribution in [0.4, 0.5) is 13.2 Å². The monoisotopic (exact) mass is 379 g/mol. The fourth-order valence-electron chi connectivity index (χ4n) is 3.59. The number of ether oxygens (including phenoxy) is 2. The van der Waals surface area contributed by atoms with Gasteiger partial charge in [-0.1, -0.05) is 6.42 Å². The van der Waals surface area contributed by atoms with Crippen LogP contribution in [0.2, 0.25) is 0 Å². The van der Waals surface area contributed by atoms with Gasteiger partial charge in [0.05, 0.1) is 31.6 Å². The SMILES string of the molecule is COC[C@@H]1CCC[C@@]12CN(Cc1ccco1)CCO2.O=C(O)C(F)(F)F. The third kappa shape index (κ3) is 5.46. The summed E-state index contributed by atoms with van der Waals surface area (Å²) in [5.41, 5.74) is 0.0147. The number of hydrogen-bond donors (Lipinski definition) is 1. The van der Waals surface area contributed by atoms with Gasteiger partial charge in [-0.05, 0) is 25.0 Å². The molecule has 2 fully saturated rings. The van der Waals surface area contributed by atoms with Gasteiger partial charge >= 0.3 is 12.1 Å². The lowest BCUT2D eigenvalue weighted by Gasteiger charge is -2.43. The van der Waals surface area contributed by atoms with E-state index in [0.29, 0.717) is 5.92 Å². The predicted molar refractivity (Wildman–Crippen MR) is 85.6 cm³/mol. The summed E-state index contributed by atoms with van der Waals surface area (Å²) < 4.78 is 48.8. The first kappa shape index (κ1) is 20.7. The molecule has 2 heterocycles. The van der Waals surface area contributed by atoms with Crippen molar-refractivity contribution < 1.29 is 37.0 Å². The second-order valence-electron chi connectivity index (χ2n) is 6.55. The van der Waals surface area contributed by atoms with E-state index < -0.39 is 12.1 Å². The molecule has 2 atom stereocenters. The Hall–Kier alpha value is -1.58. The minimum absolute atomic E-state index is 0.0147. The standard InChI is InChI=1S/C15H23NO3.C2HF3O2/c1-17-11-13-4-2-6-15(13)12-16(7-9-19-15)10-14-5-3-8-18-14;3-2(4,5)1(6)7/h3,5,8,13H,2,4,6-7,9-12H2,1H3;(H,6,7)/t13-,15+;/m0./s1. The number of methoxy groups -OCH3 is 1. The number of nitrogens with zero attached hydrogens (tertiary/aromatic N) is 1. The first-order valence-electron chi connectivity index (χ1n) is 8.44. The Morgan fingerprint density at radius 1 is 1.50 bits per heavy atom. The summed E-state index contributed by atoms with van der Waals surface area (Å²) in [6, 6.07) is 4.00. The van der Waals surface area contributed by atoms with E-state index in [0.717, 1.165) is 45.0 Å². The molecule has 1 aromatic heterocycles. The maximum Gasteiger partial charge on any atom is 0.490 e. The van der Waals surface area contributed by atoms with Gasteiger partial charge in [-0.3, -0.25) is 4.90 Å². The van der Waals surface area contributed by atoms with Crippen LogP contribution in [-0.4, -0.2) is 61.2 Å². The molecule has 0 unspecified atom stereocenters. The highest BCUT2D eigenvalue weighted by atomic mass is 19.4. The molecule has 1 saturated heterocycles. The van der Waals surface area contributed by atoms with Gasteiger partial charge in [0.25, 0.3) is 0 Å². The van der Waals surface area contributed by atoms with Crippen molar-refractivity contribution in [1.82, 2.24) is 4.90 Å². The van der Waals surface area contributed by atoms with Crippen molar-refractivity contribution in [2.24, 2.45) is 5.92 Å². The molecule has 1 saturated carbocycles. The summed E-state index contributed by atoms with van der Waals surface area (Å²) in [6.07, 6.45) is 0.301. The third-order valence-electron chi connectivity index (χ3n) is 4.75. The van der Waals surface area contributed by atoms with Crippen molar-refractivity contribution in [3.05, 3.63) is 24.2 Å². The van der Waals surface area contributed by atoms with Crippen LogP contribution in [0.5, 0.6) is 0 Å². The summed E-state index contributed by atoms with van der Waals surface area (Å²) in [7, 11) is 1.79. The van der Waals surface area contributed by atoms with Crippen LogP contribution >= 0.6 is 0 Å². The zero-order chi connectivity index (χ0) is 19.2. The van der Waals surface area contributed by atoms with Gasteiger partial charge in [0.1, 0.15) is 5.76 Å². The van der Waals surface area contributed by atoms with E-state index in [1.807, 2.05) is 12.1 Å². The van der Waals surface area contributed by atoms with Gasteiger partial charge in [-0.15, -0.1) is 0 Å². The smallest absolute Gasteiger partial charge is 0.475 e. The molecule has 1 N–H and O–H groups in total. The fourth-order valence-corrected chi connectivity index (χ4v) is 3.59. The first-order valence-corrected chi connectivity index (χ1v) is 8.44. The number of morpholine rings is 1. The number of furan rings is 1. The van der Waals surface area contributed by atoms with Crippen LogP contribution in [0.3, 0.4) is 0 Å². The molecule has 0 bridgehead atoms. The number of halogens is 3. The Balaban J connectivity index is 0.000000298. The van der Waals surface area contributed by atoms with E-state index in [4.69, 9.17) is 23.8 Å². The number of alkyl halides is 3. The Morgan fingerprint density at radius 2 is 2.23 bits per heavy atom. The average Bonchev–Trinajstić information content (AvgIpc) is 3.19. The van der Waals surface area contributed by atoms with E-state index in [2.05, 4.69) is 4.90 Å². The number of carboxylic acids is 1. The van der Waals surface area contributed by atoms with Crippen LogP contribution in [0.1, 0.15) is 25.0 Å². The summed E-state index contributed by atoms with van der Waals surface area (Å²) in [6.45, 7) is 4.51. The second-order valence-corrected chi connectivity index (χ2v) is 6.55. The Kier molecular flexibility index (Phi) is 7.08. The molecule has 0 aromatic carbocycles. The molecule has 9 heteroatoms. The van der Waals surface area contributed by atoms with Crippen LogP contribution in [-0.2, 0) is 20.8 Å². The average molecular weight is 379 g/mol. The van der Waals surface area contributed by atoms with E-state index in [-0.39, 0.29) is 5.60 Å². The molecular formula is C17H24F3NO5. The minimum Gasteiger partial charge on any atom is -0.475 e. The number of carbonyl (C=O) groups is 1. The summed E-state index contributed by atoms with van der Waals surface area (Å²) >= 11 is 0. The third-order valence-corrected chi connectivity index (χ3v) is 4.75. The molecular weight excluding hydrogens is 355 g/mol. The Morgan fingerprint density at radius 3 is 2.81 bits per heavy atom. The van der Waals surface area contributed by atoms with Crippen LogP contribution in [0.25, 0.3) is 0 Å². The molecule has 26 heavy (non-hydrogen) atoms. The van der Waals surface area contributed by atoms with Crippen LogP contribution in [0.15, 0.2) is 22.8 Å². The van der Waals surface area contributed by atoms with Gasteiger partial charge in [0.15, 0.2) is 0 Å². The topological polar surface area (TPSA) is 72.1 Å². The van der Waals surface area contributed by atoms with E-state index in [1.54, 1.807) is 13.4 Å². The zero-order valence-corrected chi connectivity index (χ0v) is 14.6. The predicted octanol–water partition coefficient (Wildman–Crippen LogP) is 2.93. The van der Waals surface area contributed by atoms with Crippen molar-refractivity contribution >= 4 is 5.97 Å². The molecule has 148 valence electrons. The van der Waals surface area contributed by atoms with Crippen molar-refractivity contribution in [2.75, 3.05) is 33.4 Å². The lowest BCUT2D eigenvalue weighted by atomic mass is 9.89. The molecule has 1 aromatic rings. The van der Waals surface area contributed by atoms with Gasteiger partial charge < -0.3 is 19.0 Å². The molecule has 1 aliphatic heterocycles. The lowest BCUT2D eigenvalue weighted by molar-refractivity contribution is -0.192. The van der Waals surface area contributed by atoms with Gasteiger partial charge in [-0.2, -0.15) is 13.2 Å². The van der Waals surface area contributed by atoms with Gasteiger partial charge in [0, 0.05) is 26.1 Å². The van der Waals surface area contributed by atoms with Crippen molar-refractivity contribution in [3.8, 4) is 0 Å². The van der Waals surface area contributed by atoms with E-state index >= 15 is 0 Å². The molecule has 2 aliphatic rings. The van der Waals surface area contributed by atoms with E-state index in [9.17, 15) is 13.2 Å². The molecule has 3 rings (SSSR count). The highest BCUT2D eigenvalue weighted by Crippen LogP contribution is 2.41. The maximum atomic E-state index is 10.6. The van der Waals surface area contributed by atoms with E-state index in [1.165, 1.54) is 12.8 Å². The summed E-state index contributed by atoms with van der Waals surface area (Å²) in [5, 5.41) is 7.12. The number of carboxylic acid groups (broad SMARTS) is 1. The summed E-state index contributed by atoms with van der Waals surface area (Å²) in [4.78, 5) is 11.4. The second kappa shape index (κ2) is 8.88. The normalized spacial score (nSPS) is 26.5. The van der Waals surface area contributed by atoms with Crippen molar-refractivity contribution in [1.29, 1.82) is 0 Å². The van der Waals surface area contributed by atoms with Gasteiger partial charge in [-0.25, -0.2) is 4.79 Å². The highest BCUT2D eigenvalue weighted by Gasteiger charge is 2.46. The van der Waals surface area contributed by atoms with Crippen molar-refractivity contribution in [3.63, 3.8) is 0 Å². The summed E-state index contributed by atoms with van der Waals surface area (Å²) in [5.74, 6) is -1.18.